The monoisotopic (exact) mass is 339 g/mol. The normalized spacial score (nSPS) is 15.6. The molecular weight excluding hydrogens is 314 g/mol. The van der Waals surface area contributed by atoms with Gasteiger partial charge in [0.05, 0.1) is 7.11 Å². The largest absolute Gasteiger partial charge is 0.496 e. The molecule has 4 rings (SSSR count). The van der Waals surface area contributed by atoms with Crippen molar-refractivity contribution in [2.75, 3.05) is 7.11 Å². The molecule has 0 fully saturated rings. The number of carbonyl (C=O) groups excluding carboxylic acids is 1. The predicted octanol–water partition coefficient (Wildman–Crippen LogP) is 2.73. The summed E-state index contributed by atoms with van der Waals surface area (Å²) in [5, 5.41) is 7.53. The van der Waals surface area contributed by atoms with Gasteiger partial charge in [0.2, 0.25) is 0 Å². The summed E-state index contributed by atoms with van der Waals surface area (Å²) in [5.74, 6) is 0.783. The first-order chi connectivity index (χ1) is 12.2. The number of hydrogen-bond acceptors (Lipinski definition) is 3. The lowest BCUT2D eigenvalue weighted by molar-refractivity contribution is 0.0944. The van der Waals surface area contributed by atoms with Crippen molar-refractivity contribution < 1.29 is 9.53 Å². The van der Waals surface area contributed by atoms with Gasteiger partial charge in [0.25, 0.3) is 5.91 Å². The van der Waals surface area contributed by atoms with E-state index >= 15 is 0 Å². The minimum Gasteiger partial charge on any atom is -0.496 e. The highest BCUT2D eigenvalue weighted by atomic mass is 16.5. The standard InChI is InChI=1S/C20H25N3O2/c1-23-17-9-4-3-8-16(17)19(22-23)20(24)21-12-15-10-13-6-5-7-14(13)11-18(15)25-2/h10-11H,3-9,12H2,1-2H3,(H,21,24). The number of amides is 1. The summed E-state index contributed by atoms with van der Waals surface area (Å²) in [6.45, 7) is 0.473. The van der Waals surface area contributed by atoms with E-state index < -0.39 is 0 Å². The highest BCUT2D eigenvalue weighted by Gasteiger charge is 2.24. The smallest absolute Gasteiger partial charge is 0.272 e. The molecule has 1 aromatic heterocycles. The molecule has 2 aromatic rings. The first kappa shape index (κ1) is 16.2. The van der Waals surface area contributed by atoms with Crippen LogP contribution in [-0.4, -0.2) is 22.8 Å². The summed E-state index contributed by atoms with van der Waals surface area (Å²) in [4.78, 5) is 12.7. The van der Waals surface area contributed by atoms with Gasteiger partial charge in [0.15, 0.2) is 5.69 Å². The molecule has 0 aliphatic heterocycles. The van der Waals surface area contributed by atoms with Crippen LogP contribution in [-0.2, 0) is 39.3 Å². The number of hydrogen-bond donors (Lipinski definition) is 1. The Morgan fingerprint density at radius 2 is 1.92 bits per heavy atom. The van der Waals surface area contributed by atoms with E-state index in [0.717, 1.165) is 49.0 Å². The van der Waals surface area contributed by atoms with Crippen molar-refractivity contribution in [1.29, 1.82) is 0 Å². The summed E-state index contributed by atoms with van der Waals surface area (Å²) >= 11 is 0. The zero-order chi connectivity index (χ0) is 17.4. The van der Waals surface area contributed by atoms with Gasteiger partial charge in [-0.15, -0.1) is 0 Å². The van der Waals surface area contributed by atoms with Gasteiger partial charge in [-0.1, -0.05) is 6.07 Å². The van der Waals surface area contributed by atoms with Crippen molar-refractivity contribution in [1.82, 2.24) is 15.1 Å². The lowest BCUT2D eigenvalue weighted by Crippen LogP contribution is -2.25. The minimum atomic E-state index is -0.0821. The maximum Gasteiger partial charge on any atom is 0.272 e. The Hall–Kier alpha value is -2.30. The molecule has 1 N–H and O–H groups in total. The summed E-state index contributed by atoms with van der Waals surface area (Å²) in [5.41, 5.74) is 6.75. The van der Waals surface area contributed by atoms with Crippen molar-refractivity contribution in [3.8, 4) is 5.75 Å². The molecule has 1 heterocycles. The molecule has 2 aliphatic rings. The molecule has 0 saturated heterocycles. The number of benzene rings is 1. The Morgan fingerprint density at radius 1 is 1.16 bits per heavy atom. The van der Waals surface area contributed by atoms with Crippen LogP contribution in [0.15, 0.2) is 12.1 Å². The molecule has 0 unspecified atom stereocenters. The number of nitrogens with zero attached hydrogens (tertiary/aromatic N) is 2. The van der Waals surface area contributed by atoms with Gasteiger partial charge in [-0.2, -0.15) is 5.10 Å². The average Bonchev–Trinajstić information content (AvgIpc) is 3.23. The zero-order valence-corrected chi connectivity index (χ0v) is 15.0. The van der Waals surface area contributed by atoms with Gasteiger partial charge >= 0.3 is 0 Å². The van der Waals surface area contributed by atoms with Crippen LogP contribution in [0.5, 0.6) is 5.75 Å². The molecule has 132 valence electrons. The Balaban J connectivity index is 1.53. The lowest BCUT2D eigenvalue weighted by Gasteiger charge is -2.14. The Kier molecular flexibility index (Phi) is 4.24. The van der Waals surface area contributed by atoms with Crippen LogP contribution in [0.1, 0.15) is 57.7 Å². The van der Waals surface area contributed by atoms with Crippen LogP contribution in [0.3, 0.4) is 0 Å². The fraction of sp³-hybridized carbons (Fsp3) is 0.500. The maximum atomic E-state index is 12.7. The quantitative estimate of drug-likeness (QED) is 0.932. The third-order valence-electron chi connectivity index (χ3n) is 5.51. The van der Waals surface area contributed by atoms with Crippen molar-refractivity contribution >= 4 is 5.91 Å². The second-order valence-electron chi connectivity index (χ2n) is 7.07. The third kappa shape index (κ3) is 2.92. The van der Waals surface area contributed by atoms with E-state index in [1.807, 2.05) is 11.7 Å². The molecule has 25 heavy (non-hydrogen) atoms. The highest BCUT2D eigenvalue weighted by molar-refractivity contribution is 5.94. The second-order valence-corrected chi connectivity index (χ2v) is 7.07. The molecule has 0 atom stereocenters. The molecule has 0 saturated carbocycles. The number of nitrogens with one attached hydrogen (secondary N) is 1. The molecule has 1 amide bonds. The van der Waals surface area contributed by atoms with Crippen LogP contribution in [0, 0.1) is 0 Å². The Bertz CT molecular complexity index is 823. The van der Waals surface area contributed by atoms with Crippen molar-refractivity contribution in [2.45, 2.75) is 51.5 Å². The van der Waals surface area contributed by atoms with E-state index in [1.165, 1.54) is 29.7 Å². The number of aryl methyl sites for hydroxylation is 3. The van der Waals surface area contributed by atoms with E-state index in [0.29, 0.717) is 12.2 Å². The average molecular weight is 339 g/mol. The van der Waals surface area contributed by atoms with E-state index in [4.69, 9.17) is 4.74 Å². The Morgan fingerprint density at radius 3 is 2.72 bits per heavy atom. The number of aromatic nitrogens is 2. The molecule has 5 heteroatoms. The van der Waals surface area contributed by atoms with Gasteiger partial charge in [-0.3, -0.25) is 9.48 Å². The number of carbonyl (C=O) groups is 1. The second kappa shape index (κ2) is 6.54. The predicted molar refractivity (Wildman–Crippen MR) is 96.0 cm³/mol. The fourth-order valence-electron chi connectivity index (χ4n) is 4.19. The summed E-state index contributed by atoms with van der Waals surface area (Å²) < 4.78 is 7.41. The summed E-state index contributed by atoms with van der Waals surface area (Å²) in [7, 11) is 3.63. The van der Waals surface area contributed by atoms with Gasteiger partial charge in [-0.25, -0.2) is 0 Å². The third-order valence-corrected chi connectivity index (χ3v) is 5.51. The summed E-state index contributed by atoms with van der Waals surface area (Å²) in [6.07, 6.45) is 7.73. The van der Waals surface area contributed by atoms with Crippen LogP contribution in [0.2, 0.25) is 0 Å². The molecule has 5 nitrogen and oxygen atoms in total. The zero-order valence-electron chi connectivity index (χ0n) is 15.0. The molecule has 1 aromatic carbocycles. The number of fused-ring (bicyclic) bond motifs is 2. The maximum absolute atomic E-state index is 12.7. The van der Waals surface area contributed by atoms with Crippen LogP contribution >= 0.6 is 0 Å². The molecule has 0 bridgehead atoms. The Labute approximate surface area is 148 Å². The van der Waals surface area contributed by atoms with E-state index in [2.05, 4.69) is 22.5 Å². The number of rotatable bonds is 4. The number of methoxy groups -OCH3 is 1. The van der Waals surface area contributed by atoms with Gasteiger partial charge < -0.3 is 10.1 Å². The topological polar surface area (TPSA) is 56.1 Å². The van der Waals surface area contributed by atoms with E-state index in [-0.39, 0.29) is 5.91 Å². The first-order valence-corrected chi connectivity index (χ1v) is 9.19. The SMILES string of the molecule is COc1cc2c(cc1CNC(=O)c1nn(C)c3c1CCCC3)CCC2. The van der Waals surface area contributed by atoms with E-state index in [9.17, 15) is 4.79 Å². The van der Waals surface area contributed by atoms with E-state index in [1.54, 1.807) is 7.11 Å². The fourth-order valence-corrected chi connectivity index (χ4v) is 4.19. The molecule has 2 aliphatic carbocycles. The first-order valence-electron chi connectivity index (χ1n) is 9.19. The van der Waals surface area contributed by atoms with Crippen LogP contribution in [0.4, 0.5) is 0 Å². The number of ether oxygens (including phenoxy) is 1. The van der Waals surface area contributed by atoms with Crippen molar-refractivity contribution in [2.24, 2.45) is 7.05 Å². The van der Waals surface area contributed by atoms with Crippen LogP contribution < -0.4 is 10.1 Å². The van der Waals surface area contributed by atoms with Crippen molar-refractivity contribution in [3.63, 3.8) is 0 Å². The molecule has 0 radical (unpaired) electrons. The van der Waals surface area contributed by atoms with Gasteiger partial charge in [-0.05, 0) is 62.1 Å². The van der Waals surface area contributed by atoms with Gasteiger partial charge in [0, 0.05) is 30.4 Å². The van der Waals surface area contributed by atoms with Crippen LogP contribution in [0.25, 0.3) is 0 Å². The minimum absolute atomic E-state index is 0.0821. The highest BCUT2D eigenvalue weighted by Crippen LogP contribution is 2.30. The van der Waals surface area contributed by atoms with Crippen molar-refractivity contribution in [3.05, 3.63) is 45.8 Å². The molecule has 0 spiro atoms. The summed E-state index contributed by atoms with van der Waals surface area (Å²) in [6, 6.07) is 4.32. The molecular formula is C20H25N3O2. The van der Waals surface area contributed by atoms with Gasteiger partial charge in [0.1, 0.15) is 5.75 Å². The lowest BCUT2D eigenvalue weighted by atomic mass is 9.95.